The van der Waals surface area contributed by atoms with E-state index >= 15 is 0 Å². The van der Waals surface area contributed by atoms with Crippen molar-refractivity contribution in [3.63, 3.8) is 0 Å². The van der Waals surface area contributed by atoms with Gasteiger partial charge in [0.1, 0.15) is 0 Å². The molecule has 1 aliphatic rings. The lowest BCUT2D eigenvalue weighted by Gasteiger charge is -2.22. The topological polar surface area (TPSA) is 50.4 Å². The standard InChI is InChI=1S/C12H22N2O2/c1-2-3-9-16-10-8-14-12(15)11-6-4-5-7-13-11/h2,11,13H,1,3-10H2,(H,14,15)/t11-/m0/s1. The highest BCUT2D eigenvalue weighted by atomic mass is 16.5. The molecule has 1 heterocycles. The fourth-order valence-corrected chi connectivity index (χ4v) is 1.71. The lowest BCUT2D eigenvalue weighted by molar-refractivity contribution is -0.123. The van der Waals surface area contributed by atoms with E-state index in [9.17, 15) is 4.79 Å². The molecule has 4 nitrogen and oxygen atoms in total. The van der Waals surface area contributed by atoms with Gasteiger partial charge in [0.25, 0.3) is 0 Å². The zero-order chi connectivity index (χ0) is 11.6. The summed E-state index contributed by atoms with van der Waals surface area (Å²) < 4.78 is 5.31. The van der Waals surface area contributed by atoms with E-state index in [0.717, 1.165) is 25.8 Å². The molecule has 0 radical (unpaired) electrons. The largest absolute Gasteiger partial charge is 0.379 e. The Hall–Kier alpha value is -0.870. The first-order valence-electron chi connectivity index (χ1n) is 6.04. The quantitative estimate of drug-likeness (QED) is 0.499. The van der Waals surface area contributed by atoms with Crippen molar-refractivity contribution in [2.24, 2.45) is 0 Å². The van der Waals surface area contributed by atoms with Gasteiger partial charge in [0, 0.05) is 6.54 Å². The Morgan fingerprint density at radius 3 is 3.06 bits per heavy atom. The maximum atomic E-state index is 11.6. The van der Waals surface area contributed by atoms with E-state index in [4.69, 9.17) is 4.74 Å². The minimum absolute atomic E-state index is 0.00178. The normalized spacial score (nSPS) is 20.4. The molecule has 1 aliphatic heterocycles. The molecule has 1 saturated heterocycles. The van der Waals surface area contributed by atoms with Crippen molar-refractivity contribution in [2.45, 2.75) is 31.7 Å². The van der Waals surface area contributed by atoms with Crippen LogP contribution in [-0.2, 0) is 9.53 Å². The second kappa shape index (κ2) is 8.30. The van der Waals surface area contributed by atoms with Crippen molar-refractivity contribution < 1.29 is 9.53 Å². The van der Waals surface area contributed by atoms with E-state index in [1.807, 2.05) is 6.08 Å². The zero-order valence-electron chi connectivity index (χ0n) is 9.84. The summed E-state index contributed by atoms with van der Waals surface area (Å²) in [5.74, 6) is 0.104. The molecular formula is C12H22N2O2. The van der Waals surface area contributed by atoms with E-state index in [-0.39, 0.29) is 11.9 Å². The first-order chi connectivity index (χ1) is 7.84. The summed E-state index contributed by atoms with van der Waals surface area (Å²) in [6.07, 6.45) is 5.95. The third-order valence-corrected chi connectivity index (χ3v) is 2.64. The van der Waals surface area contributed by atoms with Gasteiger partial charge in [-0.1, -0.05) is 12.5 Å². The monoisotopic (exact) mass is 226 g/mol. The lowest BCUT2D eigenvalue weighted by atomic mass is 10.0. The Kier molecular flexibility index (Phi) is 6.85. The molecule has 0 aromatic heterocycles. The van der Waals surface area contributed by atoms with E-state index in [1.54, 1.807) is 0 Å². The third kappa shape index (κ3) is 5.28. The molecule has 1 atom stereocenters. The number of carbonyl (C=O) groups is 1. The third-order valence-electron chi connectivity index (χ3n) is 2.64. The first-order valence-corrected chi connectivity index (χ1v) is 6.04. The van der Waals surface area contributed by atoms with Gasteiger partial charge in [0.2, 0.25) is 5.91 Å². The molecule has 0 aromatic carbocycles. The number of hydrogen-bond acceptors (Lipinski definition) is 3. The summed E-state index contributed by atoms with van der Waals surface area (Å²) in [6.45, 7) is 6.41. The molecule has 0 saturated carbocycles. The Labute approximate surface area is 97.4 Å². The van der Waals surface area contributed by atoms with Gasteiger partial charge in [-0.25, -0.2) is 0 Å². The number of nitrogens with one attached hydrogen (secondary N) is 2. The lowest BCUT2D eigenvalue weighted by Crippen LogP contribution is -2.47. The molecule has 1 rings (SSSR count). The molecule has 1 amide bonds. The van der Waals surface area contributed by atoms with Crippen LogP contribution in [0.5, 0.6) is 0 Å². The number of amides is 1. The second-order valence-electron chi connectivity index (χ2n) is 3.98. The molecular weight excluding hydrogens is 204 g/mol. The second-order valence-corrected chi connectivity index (χ2v) is 3.98. The number of piperidine rings is 1. The van der Waals surface area contributed by atoms with E-state index in [1.165, 1.54) is 6.42 Å². The van der Waals surface area contributed by atoms with Crippen LogP contribution in [0.2, 0.25) is 0 Å². The molecule has 4 heteroatoms. The molecule has 0 unspecified atom stereocenters. The summed E-state index contributed by atoms with van der Waals surface area (Å²) in [5.41, 5.74) is 0. The van der Waals surface area contributed by atoms with Gasteiger partial charge in [-0.05, 0) is 25.8 Å². The van der Waals surface area contributed by atoms with E-state index in [2.05, 4.69) is 17.2 Å². The maximum Gasteiger partial charge on any atom is 0.237 e. The smallest absolute Gasteiger partial charge is 0.237 e. The van der Waals surface area contributed by atoms with Crippen LogP contribution in [0.1, 0.15) is 25.7 Å². The maximum absolute atomic E-state index is 11.6. The molecule has 2 N–H and O–H groups in total. The minimum Gasteiger partial charge on any atom is -0.379 e. The molecule has 0 aromatic rings. The Balaban J connectivity index is 1.99. The summed E-state index contributed by atoms with van der Waals surface area (Å²) >= 11 is 0. The highest BCUT2D eigenvalue weighted by Crippen LogP contribution is 2.06. The Morgan fingerprint density at radius 2 is 2.38 bits per heavy atom. The number of carbonyl (C=O) groups excluding carboxylic acids is 1. The van der Waals surface area contributed by atoms with Crippen LogP contribution in [0.25, 0.3) is 0 Å². The summed E-state index contributed by atoms with van der Waals surface area (Å²) in [6, 6.07) is 0.00178. The highest BCUT2D eigenvalue weighted by molar-refractivity contribution is 5.81. The highest BCUT2D eigenvalue weighted by Gasteiger charge is 2.19. The SMILES string of the molecule is C=CCCOCCNC(=O)[C@@H]1CCCCN1. The van der Waals surface area contributed by atoms with Crippen molar-refractivity contribution >= 4 is 5.91 Å². The number of ether oxygens (including phenoxy) is 1. The Morgan fingerprint density at radius 1 is 1.50 bits per heavy atom. The summed E-state index contributed by atoms with van der Waals surface area (Å²) in [7, 11) is 0. The van der Waals surface area contributed by atoms with Crippen molar-refractivity contribution in [3.05, 3.63) is 12.7 Å². The van der Waals surface area contributed by atoms with Crippen LogP contribution >= 0.6 is 0 Å². The van der Waals surface area contributed by atoms with Gasteiger partial charge in [-0.2, -0.15) is 0 Å². The molecule has 1 fully saturated rings. The van der Waals surface area contributed by atoms with Crippen LogP contribution in [0.4, 0.5) is 0 Å². The van der Waals surface area contributed by atoms with Gasteiger partial charge in [0.15, 0.2) is 0 Å². The average molecular weight is 226 g/mol. The van der Waals surface area contributed by atoms with Gasteiger partial charge in [-0.15, -0.1) is 6.58 Å². The Bertz CT molecular complexity index is 213. The predicted octanol–water partition coefficient (Wildman–Crippen LogP) is 0.837. The molecule has 0 bridgehead atoms. The molecule has 0 spiro atoms. The number of rotatable bonds is 7. The van der Waals surface area contributed by atoms with Crippen LogP contribution in [0.15, 0.2) is 12.7 Å². The van der Waals surface area contributed by atoms with Gasteiger partial charge in [-0.3, -0.25) is 4.79 Å². The van der Waals surface area contributed by atoms with Crippen LogP contribution in [0, 0.1) is 0 Å². The summed E-state index contributed by atoms with van der Waals surface area (Å²) in [4.78, 5) is 11.6. The van der Waals surface area contributed by atoms with Gasteiger partial charge in [0.05, 0.1) is 19.3 Å². The van der Waals surface area contributed by atoms with Crippen LogP contribution < -0.4 is 10.6 Å². The molecule has 92 valence electrons. The first kappa shape index (κ1) is 13.2. The predicted molar refractivity (Wildman–Crippen MR) is 64.3 cm³/mol. The van der Waals surface area contributed by atoms with Crippen molar-refractivity contribution in [2.75, 3.05) is 26.3 Å². The fourth-order valence-electron chi connectivity index (χ4n) is 1.71. The van der Waals surface area contributed by atoms with E-state index in [0.29, 0.717) is 19.8 Å². The summed E-state index contributed by atoms with van der Waals surface area (Å²) in [5, 5.41) is 6.09. The van der Waals surface area contributed by atoms with Crippen LogP contribution in [-0.4, -0.2) is 38.3 Å². The fraction of sp³-hybridized carbons (Fsp3) is 0.750. The number of hydrogen-bond donors (Lipinski definition) is 2. The average Bonchev–Trinajstić information content (AvgIpc) is 2.34. The van der Waals surface area contributed by atoms with E-state index < -0.39 is 0 Å². The van der Waals surface area contributed by atoms with Crippen LogP contribution in [0.3, 0.4) is 0 Å². The minimum atomic E-state index is 0.00178. The molecule has 0 aliphatic carbocycles. The molecule has 16 heavy (non-hydrogen) atoms. The zero-order valence-corrected chi connectivity index (χ0v) is 9.84. The van der Waals surface area contributed by atoms with Crippen molar-refractivity contribution in [3.8, 4) is 0 Å². The van der Waals surface area contributed by atoms with Gasteiger partial charge >= 0.3 is 0 Å². The van der Waals surface area contributed by atoms with Gasteiger partial charge < -0.3 is 15.4 Å². The van der Waals surface area contributed by atoms with Crippen molar-refractivity contribution in [1.29, 1.82) is 0 Å². The van der Waals surface area contributed by atoms with Crippen molar-refractivity contribution in [1.82, 2.24) is 10.6 Å².